The van der Waals surface area contributed by atoms with Gasteiger partial charge in [0, 0.05) is 17.8 Å². The van der Waals surface area contributed by atoms with Crippen LogP contribution in [0.4, 0.5) is 4.39 Å². The van der Waals surface area contributed by atoms with E-state index in [9.17, 15) is 4.39 Å². The highest BCUT2D eigenvalue weighted by atomic mass is 32.2. The number of hydrogen-bond donors (Lipinski definition) is 1. The van der Waals surface area contributed by atoms with Gasteiger partial charge in [0.2, 0.25) is 0 Å². The van der Waals surface area contributed by atoms with Gasteiger partial charge in [0.1, 0.15) is 5.82 Å². The number of thioether (sulfide) groups is 1. The first-order chi connectivity index (χ1) is 8.34. The van der Waals surface area contributed by atoms with E-state index in [-0.39, 0.29) is 5.82 Å². The molecule has 1 N–H and O–H groups in total. The third-order valence-corrected chi connectivity index (χ3v) is 5.23. The lowest BCUT2D eigenvalue weighted by Crippen LogP contribution is -2.26. The molecule has 1 aliphatic heterocycles. The molecule has 1 aromatic carbocycles. The van der Waals surface area contributed by atoms with Crippen molar-refractivity contribution in [2.24, 2.45) is 0 Å². The van der Waals surface area contributed by atoms with Gasteiger partial charge in [0.05, 0.1) is 0 Å². The number of nitrogens with one attached hydrogen (secondary N) is 1. The molecule has 2 unspecified atom stereocenters. The van der Waals surface area contributed by atoms with Gasteiger partial charge in [-0.25, -0.2) is 4.39 Å². The second kappa shape index (κ2) is 4.99. The fourth-order valence-electron chi connectivity index (χ4n) is 2.90. The molecule has 1 aliphatic carbocycles. The SMILES string of the molecule is Fc1cccc2c1CCC2NCC1CCCS1. The van der Waals surface area contributed by atoms with E-state index in [0.717, 1.165) is 30.2 Å². The Bertz CT molecular complexity index is 401. The summed E-state index contributed by atoms with van der Waals surface area (Å²) in [5.41, 5.74) is 2.12. The van der Waals surface area contributed by atoms with E-state index < -0.39 is 0 Å². The van der Waals surface area contributed by atoms with Crippen molar-refractivity contribution < 1.29 is 4.39 Å². The third-order valence-electron chi connectivity index (χ3n) is 3.83. The van der Waals surface area contributed by atoms with Crippen LogP contribution < -0.4 is 5.32 Å². The Kier molecular flexibility index (Phi) is 3.39. The van der Waals surface area contributed by atoms with Gasteiger partial charge in [-0.1, -0.05) is 12.1 Å². The van der Waals surface area contributed by atoms with Crippen LogP contribution in [0.2, 0.25) is 0 Å². The lowest BCUT2D eigenvalue weighted by atomic mass is 10.1. The number of benzene rings is 1. The first-order valence-corrected chi connectivity index (χ1v) is 7.52. The minimum absolute atomic E-state index is 0.0259. The Hall–Kier alpha value is -0.540. The predicted molar refractivity (Wildman–Crippen MR) is 70.9 cm³/mol. The van der Waals surface area contributed by atoms with E-state index >= 15 is 0 Å². The molecule has 2 atom stereocenters. The summed E-state index contributed by atoms with van der Waals surface area (Å²) in [5.74, 6) is 1.28. The molecule has 0 saturated carbocycles. The zero-order chi connectivity index (χ0) is 11.7. The molecule has 1 fully saturated rings. The van der Waals surface area contributed by atoms with Crippen molar-refractivity contribution in [3.63, 3.8) is 0 Å². The Morgan fingerprint density at radius 1 is 1.35 bits per heavy atom. The van der Waals surface area contributed by atoms with E-state index in [1.54, 1.807) is 6.07 Å². The highest BCUT2D eigenvalue weighted by Crippen LogP contribution is 2.33. The van der Waals surface area contributed by atoms with Gasteiger partial charge in [-0.05, 0) is 48.6 Å². The first kappa shape index (κ1) is 11.5. The monoisotopic (exact) mass is 251 g/mol. The Morgan fingerprint density at radius 2 is 2.29 bits per heavy atom. The normalized spacial score (nSPS) is 27.4. The van der Waals surface area contributed by atoms with Crippen molar-refractivity contribution in [1.29, 1.82) is 0 Å². The van der Waals surface area contributed by atoms with Gasteiger partial charge in [0.15, 0.2) is 0 Å². The number of fused-ring (bicyclic) bond motifs is 1. The fourth-order valence-corrected chi connectivity index (χ4v) is 4.11. The van der Waals surface area contributed by atoms with Crippen LogP contribution in [0, 0.1) is 5.82 Å². The van der Waals surface area contributed by atoms with Crippen LogP contribution in [-0.4, -0.2) is 17.5 Å². The molecule has 1 nitrogen and oxygen atoms in total. The molecule has 1 heterocycles. The van der Waals surface area contributed by atoms with Crippen molar-refractivity contribution in [1.82, 2.24) is 5.32 Å². The van der Waals surface area contributed by atoms with Gasteiger partial charge in [0.25, 0.3) is 0 Å². The summed E-state index contributed by atoms with van der Waals surface area (Å²) in [5, 5.41) is 4.39. The van der Waals surface area contributed by atoms with Gasteiger partial charge in [-0.15, -0.1) is 0 Å². The second-order valence-corrected chi connectivity index (χ2v) is 6.35. The van der Waals surface area contributed by atoms with Crippen molar-refractivity contribution in [2.75, 3.05) is 12.3 Å². The zero-order valence-electron chi connectivity index (χ0n) is 9.92. The number of halogens is 1. The van der Waals surface area contributed by atoms with Gasteiger partial charge >= 0.3 is 0 Å². The molecule has 1 saturated heterocycles. The van der Waals surface area contributed by atoms with Gasteiger partial charge in [-0.3, -0.25) is 0 Å². The molecule has 17 heavy (non-hydrogen) atoms. The van der Waals surface area contributed by atoms with Crippen LogP contribution in [0.5, 0.6) is 0 Å². The Morgan fingerprint density at radius 3 is 3.12 bits per heavy atom. The average molecular weight is 251 g/mol. The van der Waals surface area contributed by atoms with Crippen molar-refractivity contribution >= 4 is 11.8 Å². The fraction of sp³-hybridized carbons (Fsp3) is 0.571. The first-order valence-electron chi connectivity index (χ1n) is 6.47. The van der Waals surface area contributed by atoms with Crippen LogP contribution in [0.1, 0.15) is 36.4 Å². The standard InChI is InChI=1S/C14H18FNS/c15-13-5-1-4-12-11(13)6-7-14(12)16-9-10-3-2-8-17-10/h1,4-5,10,14,16H,2-3,6-9H2. The molecule has 0 spiro atoms. The van der Waals surface area contributed by atoms with Crippen LogP contribution in [0.25, 0.3) is 0 Å². The largest absolute Gasteiger partial charge is 0.309 e. The molecule has 92 valence electrons. The van der Waals surface area contributed by atoms with E-state index in [0.29, 0.717) is 6.04 Å². The molecule has 1 aromatic rings. The Labute approximate surface area is 106 Å². The van der Waals surface area contributed by atoms with Crippen LogP contribution in [0.15, 0.2) is 18.2 Å². The van der Waals surface area contributed by atoms with E-state index in [2.05, 4.69) is 23.1 Å². The summed E-state index contributed by atoms with van der Waals surface area (Å²) in [7, 11) is 0. The summed E-state index contributed by atoms with van der Waals surface area (Å²) in [6.07, 6.45) is 4.62. The van der Waals surface area contributed by atoms with Crippen molar-refractivity contribution in [3.05, 3.63) is 35.1 Å². The Balaban J connectivity index is 1.65. The van der Waals surface area contributed by atoms with Crippen LogP contribution >= 0.6 is 11.8 Å². The minimum Gasteiger partial charge on any atom is -0.309 e. The lowest BCUT2D eigenvalue weighted by Gasteiger charge is -2.17. The predicted octanol–water partition coefficient (Wildman–Crippen LogP) is 3.30. The quantitative estimate of drug-likeness (QED) is 0.884. The van der Waals surface area contributed by atoms with Gasteiger partial charge in [-0.2, -0.15) is 11.8 Å². The third kappa shape index (κ3) is 2.36. The van der Waals surface area contributed by atoms with Crippen LogP contribution in [0.3, 0.4) is 0 Å². The molecule has 0 radical (unpaired) electrons. The molecule has 3 heteroatoms. The average Bonchev–Trinajstić information content (AvgIpc) is 2.95. The minimum atomic E-state index is -0.0259. The maximum absolute atomic E-state index is 13.6. The topological polar surface area (TPSA) is 12.0 Å². The highest BCUT2D eigenvalue weighted by molar-refractivity contribution is 8.00. The summed E-state index contributed by atoms with van der Waals surface area (Å²) in [6, 6.07) is 5.86. The lowest BCUT2D eigenvalue weighted by molar-refractivity contribution is 0.522. The maximum Gasteiger partial charge on any atom is 0.126 e. The molecular formula is C14H18FNS. The maximum atomic E-state index is 13.6. The number of rotatable bonds is 3. The molecule has 0 amide bonds. The van der Waals surface area contributed by atoms with E-state index in [1.807, 2.05) is 6.07 Å². The van der Waals surface area contributed by atoms with E-state index in [1.165, 1.54) is 24.2 Å². The van der Waals surface area contributed by atoms with E-state index in [4.69, 9.17) is 0 Å². The van der Waals surface area contributed by atoms with Crippen LogP contribution in [-0.2, 0) is 6.42 Å². The molecule has 3 rings (SSSR count). The van der Waals surface area contributed by atoms with Crippen molar-refractivity contribution in [3.8, 4) is 0 Å². The molecule has 2 aliphatic rings. The van der Waals surface area contributed by atoms with Crippen molar-refractivity contribution in [2.45, 2.75) is 37.0 Å². The highest BCUT2D eigenvalue weighted by Gasteiger charge is 2.25. The summed E-state index contributed by atoms with van der Waals surface area (Å²) < 4.78 is 13.6. The van der Waals surface area contributed by atoms with Gasteiger partial charge < -0.3 is 5.32 Å². The second-order valence-electron chi connectivity index (χ2n) is 4.94. The summed E-state index contributed by atoms with van der Waals surface area (Å²) in [6.45, 7) is 1.07. The summed E-state index contributed by atoms with van der Waals surface area (Å²) >= 11 is 2.07. The molecule has 0 bridgehead atoms. The summed E-state index contributed by atoms with van der Waals surface area (Å²) in [4.78, 5) is 0. The molecule has 0 aromatic heterocycles. The smallest absolute Gasteiger partial charge is 0.126 e. The molecular weight excluding hydrogens is 233 g/mol. The number of hydrogen-bond acceptors (Lipinski definition) is 2. The zero-order valence-corrected chi connectivity index (χ0v) is 10.7.